The minimum absolute atomic E-state index is 0.0975. The summed E-state index contributed by atoms with van der Waals surface area (Å²) >= 11 is 0. The molecule has 1 rings (SSSR count). The van der Waals surface area contributed by atoms with Crippen molar-refractivity contribution >= 4 is 11.6 Å². The van der Waals surface area contributed by atoms with Gasteiger partial charge < -0.3 is 0 Å². The molecular formula is C17H26N2O. The highest BCUT2D eigenvalue weighted by molar-refractivity contribution is 5.95. The zero-order valence-corrected chi connectivity index (χ0v) is 13.4. The van der Waals surface area contributed by atoms with Crippen molar-refractivity contribution in [2.24, 2.45) is 11.0 Å². The van der Waals surface area contributed by atoms with Crippen molar-refractivity contribution in [2.45, 2.75) is 53.4 Å². The summed E-state index contributed by atoms with van der Waals surface area (Å²) in [6, 6.07) is 7.70. The van der Waals surface area contributed by atoms with Crippen LogP contribution in [0.25, 0.3) is 0 Å². The van der Waals surface area contributed by atoms with Crippen LogP contribution in [0.15, 0.2) is 29.4 Å². The van der Waals surface area contributed by atoms with Crippen molar-refractivity contribution in [3.8, 4) is 0 Å². The second kappa shape index (κ2) is 6.69. The van der Waals surface area contributed by atoms with E-state index in [1.54, 1.807) is 0 Å². The van der Waals surface area contributed by atoms with Crippen LogP contribution >= 0.6 is 0 Å². The number of amides is 1. The number of hydrogen-bond acceptors (Lipinski definition) is 2. The van der Waals surface area contributed by atoms with Gasteiger partial charge in [-0.2, -0.15) is 5.10 Å². The van der Waals surface area contributed by atoms with Crippen molar-refractivity contribution in [1.29, 1.82) is 0 Å². The van der Waals surface area contributed by atoms with Crippen LogP contribution in [0.4, 0.5) is 0 Å². The quantitative estimate of drug-likeness (QED) is 0.651. The van der Waals surface area contributed by atoms with E-state index in [0.29, 0.717) is 11.5 Å². The lowest BCUT2D eigenvalue weighted by atomic mass is 9.87. The second-order valence-electron chi connectivity index (χ2n) is 6.33. The maximum Gasteiger partial charge on any atom is 0.271 e. The molecule has 1 N–H and O–H groups in total. The average molecular weight is 274 g/mol. The number of hydrazone groups is 1. The predicted molar refractivity (Wildman–Crippen MR) is 85.2 cm³/mol. The summed E-state index contributed by atoms with van der Waals surface area (Å²) in [6.45, 7) is 12.6. The zero-order chi connectivity index (χ0) is 15.3. The fourth-order valence-corrected chi connectivity index (χ4v) is 1.73. The van der Waals surface area contributed by atoms with Gasteiger partial charge in [0.1, 0.15) is 0 Å². The van der Waals surface area contributed by atoms with Gasteiger partial charge in [-0.3, -0.25) is 4.79 Å². The molecule has 3 nitrogen and oxygen atoms in total. The van der Waals surface area contributed by atoms with Gasteiger partial charge in [-0.05, 0) is 42.4 Å². The molecule has 0 heterocycles. The van der Waals surface area contributed by atoms with E-state index in [4.69, 9.17) is 0 Å². The number of carbonyl (C=O) groups is 1. The van der Waals surface area contributed by atoms with E-state index in [2.05, 4.69) is 45.1 Å². The molecule has 3 heteroatoms. The summed E-state index contributed by atoms with van der Waals surface area (Å²) in [5.41, 5.74) is 5.52. The molecule has 0 radical (unpaired) electrons. The van der Waals surface area contributed by atoms with Crippen LogP contribution < -0.4 is 5.43 Å². The largest absolute Gasteiger partial charge is 0.271 e. The molecule has 0 saturated carbocycles. The number of benzene rings is 1. The fourth-order valence-electron chi connectivity index (χ4n) is 1.73. The number of rotatable bonds is 4. The second-order valence-corrected chi connectivity index (χ2v) is 6.33. The summed E-state index contributed by atoms with van der Waals surface area (Å²) in [5.74, 6) is 0.228. The lowest BCUT2D eigenvalue weighted by Gasteiger charge is -2.18. The first kappa shape index (κ1) is 16.4. The molecule has 20 heavy (non-hydrogen) atoms. The Labute approximate surface area is 122 Å². The van der Waals surface area contributed by atoms with Gasteiger partial charge in [-0.15, -0.1) is 0 Å². The first-order valence-electron chi connectivity index (χ1n) is 7.20. The maximum atomic E-state index is 12.0. The SMILES string of the molecule is CC[C@@H](C)/C(C)=N\NC(=O)c1ccc(C(C)(C)C)cc1. The molecule has 110 valence electrons. The Bertz CT molecular complexity index is 481. The van der Waals surface area contributed by atoms with E-state index < -0.39 is 0 Å². The minimum Gasteiger partial charge on any atom is -0.267 e. The van der Waals surface area contributed by atoms with Gasteiger partial charge >= 0.3 is 0 Å². The Morgan fingerprint density at radius 2 is 1.80 bits per heavy atom. The van der Waals surface area contributed by atoms with Crippen LogP contribution in [-0.2, 0) is 5.41 Å². The van der Waals surface area contributed by atoms with Gasteiger partial charge in [0.25, 0.3) is 5.91 Å². The lowest BCUT2D eigenvalue weighted by molar-refractivity contribution is 0.0954. The lowest BCUT2D eigenvalue weighted by Crippen LogP contribution is -2.21. The number of carbonyl (C=O) groups excluding carboxylic acids is 1. The molecule has 1 amide bonds. The van der Waals surface area contributed by atoms with Gasteiger partial charge in [0, 0.05) is 11.3 Å². The molecule has 1 aromatic carbocycles. The third kappa shape index (κ3) is 4.48. The molecule has 0 aliphatic rings. The summed E-state index contributed by atoms with van der Waals surface area (Å²) in [4.78, 5) is 12.0. The monoisotopic (exact) mass is 274 g/mol. The molecule has 0 aliphatic carbocycles. The topological polar surface area (TPSA) is 41.5 Å². The molecule has 0 unspecified atom stereocenters. The maximum absolute atomic E-state index is 12.0. The predicted octanol–water partition coefficient (Wildman–Crippen LogP) is 4.14. The molecule has 0 spiro atoms. The minimum atomic E-state index is -0.159. The van der Waals surface area contributed by atoms with Crippen molar-refractivity contribution < 1.29 is 4.79 Å². The Morgan fingerprint density at radius 1 is 1.25 bits per heavy atom. The van der Waals surface area contributed by atoms with E-state index in [9.17, 15) is 4.79 Å². The first-order valence-corrected chi connectivity index (χ1v) is 7.20. The Balaban J connectivity index is 2.74. The fraction of sp³-hybridized carbons (Fsp3) is 0.529. The van der Waals surface area contributed by atoms with Gasteiger partial charge in [0.2, 0.25) is 0 Å². The van der Waals surface area contributed by atoms with Crippen molar-refractivity contribution in [2.75, 3.05) is 0 Å². The van der Waals surface area contributed by atoms with Gasteiger partial charge in [0.15, 0.2) is 0 Å². The van der Waals surface area contributed by atoms with E-state index >= 15 is 0 Å². The van der Waals surface area contributed by atoms with Crippen molar-refractivity contribution in [1.82, 2.24) is 5.43 Å². The Kier molecular flexibility index (Phi) is 5.49. The summed E-state index contributed by atoms with van der Waals surface area (Å²) < 4.78 is 0. The molecule has 0 fully saturated rings. The molecule has 1 atom stereocenters. The van der Waals surface area contributed by atoms with Crippen LogP contribution in [-0.4, -0.2) is 11.6 Å². The smallest absolute Gasteiger partial charge is 0.267 e. The molecular weight excluding hydrogens is 248 g/mol. The van der Waals surface area contributed by atoms with Crippen LogP contribution in [0.2, 0.25) is 0 Å². The standard InChI is InChI=1S/C17H26N2O/c1-7-12(2)13(3)18-19-16(20)14-8-10-15(11-9-14)17(4,5)6/h8-12H,7H2,1-6H3,(H,19,20)/b18-13-/t12-/m1/s1. The highest BCUT2D eigenvalue weighted by Gasteiger charge is 2.14. The zero-order valence-electron chi connectivity index (χ0n) is 13.4. The highest BCUT2D eigenvalue weighted by Crippen LogP contribution is 2.22. The summed E-state index contributed by atoms with van der Waals surface area (Å²) in [5, 5.41) is 4.16. The molecule has 0 bridgehead atoms. The summed E-state index contributed by atoms with van der Waals surface area (Å²) in [6.07, 6.45) is 1.02. The first-order chi connectivity index (χ1) is 9.25. The third-order valence-electron chi connectivity index (χ3n) is 3.67. The van der Waals surface area contributed by atoms with Crippen LogP contribution in [0.3, 0.4) is 0 Å². The Hall–Kier alpha value is -1.64. The van der Waals surface area contributed by atoms with Gasteiger partial charge in [0.05, 0.1) is 0 Å². The van der Waals surface area contributed by atoms with E-state index in [-0.39, 0.29) is 11.3 Å². The van der Waals surface area contributed by atoms with Gasteiger partial charge in [-0.25, -0.2) is 5.43 Å². The van der Waals surface area contributed by atoms with Gasteiger partial charge in [-0.1, -0.05) is 46.8 Å². The molecule has 0 aromatic heterocycles. The summed E-state index contributed by atoms with van der Waals surface area (Å²) in [7, 11) is 0. The average Bonchev–Trinajstić information content (AvgIpc) is 2.42. The van der Waals surface area contributed by atoms with Crippen LogP contribution in [0, 0.1) is 5.92 Å². The van der Waals surface area contributed by atoms with Crippen LogP contribution in [0.1, 0.15) is 63.9 Å². The van der Waals surface area contributed by atoms with E-state index in [0.717, 1.165) is 12.1 Å². The highest BCUT2D eigenvalue weighted by atomic mass is 16.2. The van der Waals surface area contributed by atoms with Crippen molar-refractivity contribution in [3.05, 3.63) is 35.4 Å². The number of nitrogens with zero attached hydrogens (tertiary/aromatic N) is 1. The normalized spacial score (nSPS) is 14.0. The van der Waals surface area contributed by atoms with Crippen LogP contribution in [0.5, 0.6) is 0 Å². The molecule has 1 aromatic rings. The Morgan fingerprint density at radius 3 is 2.25 bits per heavy atom. The molecule has 0 aliphatic heterocycles. The van der Waals surface area contributed by atoms with E-state index in [1.165, 1.54) is 5.56 Å². The number of hydrogen-bond donors (Lipinski definition) is 1. The van der Waals surface area contributed by atoms with Crippen molar-refractivity contribution in [3.63, 3.8) is 0 Å². The number of nitrogens with one attached hydrogen (secondary N) is 1. The third-order valence-corrected chi connectivity index (χ3v) is 3.67. The molecule has 0 saturated heterocycles. The van der Waals surface area contributed by atoms with E-state index in [1.807, 2.05) is 31.2 Å².